The quantitative estimate of drug-likeness (QED) is 0.509. The lowest BCUT2D eigenvalue weighted by Gasteiger charge is -2.31. The van der Waals surface area contributed by atoms with Gasteiger partial charge in [-0.15, -0.1) is 0 Å². The van der Waals surface area contributed by atoms with Gasteiger partial charge < -0.3 is 0 Å². The van der Waals surface area contributed by atoms with E-state index < -0.39 is 0 Å². The molecular formula is C24H21ClN2OS. The summed E-state index contributed by atoms with van der Waals surface area (Å²) in [5, 5.41) is 1.30. The normalized spacial score (nSPS) is 15.7. The van der Waals surface area contributed by atoms with Crippen LogP contribution in [-0.2, 0) is 4.79 Å². The molecule has 3 aromatic rings. The minimum atomic E-state index is -0.368. The molecule has 5 heteroatoms. The van der Waals surface area contributed by atoms with Crippen LogP contribution in [0, 0.1) is 0 Å². The van der Waals surface area contributed by atoms with Gasteiger partial charge in [-0.3, -0.25) is 9.69 Å². The molecule has 0 aromatic heterocycles. The Bertz CT molecular complexity index is 968. The first-order chi connectivity index (χ1) is 14.2. The first kappa shape index (κ1) is 19.7. The van der Waals surface area contributed by atoms with E-state index in [1.807, 2.05) is 89.8 Å². The number of amides is 1. The van der Waals surface area contributed by atoms with Gasteiger partial charge >= 0.3 is 0 Å². The van der Waals surface area contributed by atoms with Gasteiger partial charge in [0.1, 0.15) is 0 Å². The molecule has 29 heavy (non-hydrogen) atoms. The molecule has 1 aliphatic heterocycles. The zero-order valence-electron chi connectivity index (χ0n) is 15.9. The second-order valence-corrected chi connectivity index (χ2v) is 8.26. The summed E-state index contributed by atoms with van der Waals surface area (Å²) in [4.78, 5) is 20.3. The van der Waals surface area contributed by atoms with Crippen molar-refractivity contribution in [2.75, 3.05) is 12.3 Å². The fourth-order valence-electron chi connectivity index (χ4n) is 3.43. The summed E-state index contributed by atoms with van der Waals surface area (Å²) in [6.07, 6.45) is 0.939. The summed E-state index contributed by atoms with van der Waals surface area (Å²) in [7, 11) is 0. The molecule has 0 aliphatic carbocycles. The monoisotopic (exact) mass is 420 g/mol. The van der Waals surface area contributed by atoms with Gasteiger partial charge in [-0.25, -0.2) is 4.99 Å². The van der Waals surface area contributed by atoms with Crippen LogP contribution in [0.25, 0.3) is 0 Å². The lowest BCUT2D eigenvalue weighted by molar-refractivity contribution is -0.128. The first-order valence-corrected chi connectivity index (χ1v) is 11.0. The van der Waals surface area contributed by atoms with E-state index in [-0.39, 0.29) is 11.8 Å². The van der Waals surface area contributed by atoms with Crippen molar-refractivity contribution >= 4 is 40.1 Å². The summed E-state index contributed by atoms with van der Waals surface area (Å²) >= 11 is 7.91. The Labute approximate surface area is 180 Å². The Kier molecular flexibility index (Phi) is 6.33. The number of rotatable bonds is 4. The number of benzene rings is 3. The van der Waals surface area contributed by atoms with Crippen molar-refractivity contribution in [2.45, 2.75) is 12.3 Å². The van der Waals surface area contributed by atoms with Crippen LogP contribution in [0.3, 0.4) is 0 Å². The summed E-state index contributed by atoms with van der Waals surface area (Å²) in [6, 6.07) is 27.4. The second-order valence-electron chi connectivity index (χ2n) is 6.79. The Morgan fingerprint density at radius 1 is 0.897 bits per heavy atom. The van der Waals surface area contributed by atoms with Gasteiger partial charge in [0.15, 0.2) is 5.17 Å². The van der Waals surface area contributed by atoms with Gasteiger partial charge in [0.05, 0.1) is 16.6 Å². The number of hydrogen-bond acceptors (Lipinski definition) is 3. The molecular weight excluding hydrogens is 400 g/mol. The first-order valence-electron chi connectivity index (χ1n) is 9.61. The highest BCUT2D eigenvalue weighted by Crippen LogP contribution is 2.32. The minimum Gasteiger partial charge on any atom is -0.290 e. The average molecular weight is 421 g/mol. The van der Waals surface area contributed by atoms with Gasteiger partial charge in [-0.05, 0) is 29.7 Å². The van der Waals surface area contributed by atoms with Crippen LogP contribution >= 0.6 is 23.4 Å². The van der Waals surface area contributed by atoms with Crippen LogP contribution in [0.5, 0.6) is 0 Å². The van der Waals surface area contributed by atoms with Gasteiger partial charge in [0, 0.05) is 12.3 Å². The van der Waals surface area contributed by atoms with E-state index in [4.69, 9.17) is 16.6 Å². The van der Waals surface area contributed by atoms with Crippen LogP contribution in [0.2, 0.25) is 5.02 Å². The standard InChI is InChI=1S/C24H21ClN2OS/c25-20-14-7-8-15-21(20)26-24-27(16-9-17-29-24)23(28)22(18-10-3-1-4-11-18)19-12-5-2-6-13-19/h1-8,10-15,22H,9,16-17H2. The molecule has 146 valence electrons. The molecule has 3 aromatic carbocycles. The van der Waals surface area contributed by atoms with Gasteiger partial charge in [-0.1, -0.05) is 96.2 Å². The molecule has 0 unspecified atom stereocenters. The van der Waals surface area contributed by atoms with Crippen molar-refractivity contribution in [1.82, 2.24) is 4.90 Å². The van der Waals surface area contributed by atoms with Gasteiger partial charge in [-0.2, -0.15) is 0 Å². The number of carbonyl (C=O) groups is 1. The number of aliphatic imine (C=N–C) groups is 1. The second kappa shape index (κ2) is 9.29. The Hall–Kier alpha value is -2.56. The zero-order chi connectivity index (χ0) is 20.1. The fourth-order valence-corrected chi connectivity index (χ4v) is 4.56. The van der Waals surface area contributed by atoms with Gasteiger partial charge in [0.25, 0.3) is 0 Å². The molecule has 1 heterocycles. The van der Waals surface area contributed by atoms with Crippen molar-refractivity contribution in [3.05, 3.63) is 101 Å². The van der Waals surface area contributed by atoms with Crippen LogP contribution in [-0.4, -0.2) is 28.3 Å². The van der Waals surface area contributed by atoms with Crippen molar-refractivity contribution in [3.8, 4) is 0 Å². The van der Waals surface area contributed by atoms with Crippen LogP contribution < -0.4 is 0 Å². The third-order valence-corrected chi connectivity index (χ3v) is 6.22. The van der Waals surface area contributed by atoms with Crippen LogP contribution in [0.4, 0.5) is 5.69 Å². The van der Waals surface area contributed by atoms with Crippen molar-refractivity contribution in [3.63, 3.8) is 0 Å². The third kappa shape index (κ3) is 4.55. The molecule has 1 aliphatic rings. The summed E-state index contributed by atoms with van der Waals surface area (Å²) in [5.74, 6) is 0.613. The molecule has 0 saturated carbocycles. The Balaban J connectivity index is 1.73. The zero-order valence-corrected chi connectivity index (χ0v) is 17.4. The molecule has 0 atom stereocenters. The Morgan fingerprint density at radius 3 is 2.10 bits per heavy atom. The predicted octanol–water partition coefficient (Wildman–Crippen LogP) is 6.13. The van der Waals surface area contributed by atoms with E-state index in [9.17, 15) is 4.79 Å². The Morgan fingerprint density at radius 2 is 1.48 bits per heavy atom. The highest BCUT2D eigenvalue weighted by atomic mass is 35.5. The number of hydrogen-bond donors (Lipinski definition) is 0. The van der Waals surface area contributed by atoms with Crippen molar-refractivity contribution in [2.24, 2.45) is 4.99 Å². The third-order valence-electron chi connectivity index (χ3n) is 4.84. The van der Waals surface area contributed by atoms with E-state index in [0.29, 0.717) is 22.4 Å². The SMILES string of the molecule is O=C(C(c1ccccc1)c1ccccc1)N1CCCSC1=Nc1ccccc1Cl. The van der Waals surface area contributed by atoms with E-state index in [0.717, 1.165) is 23.3 Å². The highest BCUT2D eigenvalue weighted by Gasteiger charge is 2.32. The van der Waals surface area contributed by atoms with Gasteiger partial charge in [0.2, 0.25) is 5.91 Å². The molecule has 1 saturated heterocycles. The summed E-state index contributed by atoms with van der Waals surface area (Å²) in [5.41, 5.74) is 2.65. The fraction of sp³-hybridized carbons (Fsp3) is 0.167. The maximum absolute atomic E-state index is 13.8. The lowest BCUT2D eigenvalue weighted by atomic mass is 9.90. The van der Waals surface area contributed by atoms with Crippen molar-refractivity contribution in [1.29, 1.82) is 0 Å². The van der Waals surface area contributed by atoms with E-state index in [1.54, 1.807) is 11.8 Å². The number of amidine groups is 1. The number of nitrogens with zero attached hydrogens (tertiary/aromatic N) is 2. The molecule has 0 radical (unpaired) electrons. The molecule has 0 N–H and O–H groups in total. The number of thioether (sulfide) groups is 1. The number of para-hydroxylation sites is 1. The topological polar surface area (TPSA) is 32.7 Å². The highest BCUT2D eigenvalue weighted by molar-refractivity contribution is 8.13. The smallest absolute Gasteiger partial charge is 0.240 e. The van der Waals surface area contributed by atoms with E-state index in [2.05, 4.69) is 0 Å². The van der Waals surface area contributed by atoms with Crippen LogP contribution in [0.1, 0.15) is 23.5 Å². The number of carbonyl (C=O) groups excluding carboxylic acids is 1. The van der Waals surface area contributed by atoms with E-state index in [1.165, 1.54) is 0 Å². The molecule has 3 nitrogen and oxygen atoms in total. The van der Waals surface area contributed by atoms with Crippen LogP contribution in [0.15, 0.2) is 89.9 Å². The summed E-state index contributed by atoms with van der Waals surface area (Å²) < 4.78 is 0. The number of halogens is 1. The van der Waals surface area contributed by atoms with E-state index >= 15 is 0 Å². The lowest BCUT2D eigenvalue weighted by Crippen LogP contribution is -2.42. The maximum atomic E-state index is 13.8. The maximum Gasteiger partial charge on any atom is 0.240 e. The molecule has 4 rings (SSSR count). The molecule has 0 spiro atoms. The predicted molar refractivity (Wildman–Crippen MR) is 122 cm³/mol. The largest absolute Gasteiger partial charge is 0.290 e. The molecule has 0 bridgehead atoms. The van der Waals surface area contributed by atoms with Crippen molar-refractivity contribution < 1.29 is 4.79 Å². The minimum absolute atomic E-state index is 0.0420. The summed E-state index contributed by atoms with van der Waals surface area (Å²) in [6.45, 7) is 0.658. The molecule has 1 amide bonds. The average Bonchev–Trinajstić information content (AvgIpc) is 2.77. The molecule has 1 fully saturated rings.